The van der Waals surface area contributed by atoms with Crippen LogP contribution in [0, 0.1) is 17.6 Å². The minimum absolute atomic E-state index is 0.0840. The Bertz CT molecular complexity index is 901. The summed E-state index contributed by atoms with van der Waals surface area (Å²) in [4.78, 5) is 11.6. The number of carbonyl (C=O) groups is 1. The van der Waals surface area contributed by atoms with Crippen LogP contribution in [0.15, 0.2) is 47.4 Å². The van der Waals surface area contributed by atoms with Gasteiger partial charge in [-0.2, -0.15) is 0 Å². The number of rotatable bonds is 6. The van der Waals surface area contributed by atoms with Gasteiger partial charge in [-0.1, -0.05) is 18.5 Å². The number of halogens is 3. The van der Waals surface area contributed by atoms with E-state index in [0.29, 0.717) is 5.02 Å². The largest absolute Gasteiger partial charge is 0.359 e. The normalized spacial score (nSPS) is 13.9. The predicted octanol–water partition coefficient (Wildman–Crippen LogP) is 3.91. The molecule has 0 saturated heterocycles. The number of hydrogen-bond donors (Lipinski definition) is 1. The number of amides is 1. The van der Waals surface area contributed by atoms with Crippen LogP contribution in [0.25, 0.3) is 0 Å². The Hall–Kier alpha value is -1.99. The van der Waals surface area contributed by atoms with E-state index < -0.39 is 38.5 Å². The Morgan fingerprint density at radius 3 is 2.35 bits per heavy atom. The molecule has 8 heteroatoms. The molecule has 0 aliphatic rings. The van der Waals surface area contributed by atoms with Crippen molar-refractivity contribution in [1.82, 2.24) is 5.32 Å². The molecule has 140 valence electrons. The van der Waals surface area contributed by atoms with Crippen molar-refractivity contribution in [1.29, 1.82) is 0 Å². The number of hydrogen-bond acceptors (Lipinski definition) is 3. The lowest BCUT2D eigenvalue weighted by atomic mass is 9.96. The molecule has 0 aliphatic carbocycles. The minimum atomic E-state index is -4.11. The van der Waals surface area contributed by atoms with Crippen molar-refractivity contribution >= 4 is 27.3 Å². The van der Waals surface area contributed by atoms with Gasteiger partial charge in [0.15, 0.2) is 9.84 Å². The summed E-state index contributed by atoms with van der Waals surface area (Å²) in [5, 5.41) is 1.32. The molecule has 4 nitrogen and oxygen atoms in total. The molecule has 0 spiro atoms. The van der Waals surface area contributed by atoms with Gasteiger partial charge in [-0.3, -0.25) is 4.79 Å². The van der Waals surface area contributed by atoms with E-state index in [9.17, 15) is 22.0 Å². The highest BCUT2D eigenvalue weighted by Crippen LogP contribution is 2.38. The molecule has 0 bridgehead atoms. The fourth-order valence-electron chi connectivity index (χ4n) is 2.78. The van der Waals surface area contributed by atoms with E-state index in [0.717, 1.165) is 18.2 Å². The molecular weight excluding hydrogens is 384 g/mol. The molecule has 0 aliphatic heterocycles. The van der Waals surface area contributed by atoms with Crippen molar-refractivity contribution in [3.8, 4) is 0 Å². The first-order valence-corrected chi connectivity index (χ1v) is 9.74. The molecule has 2 atom stereocenters. The van der Waals surface area contributed by atoms with Gasteiger partial charge in [-0.25, -0.2) is 17.2 Å². The first-order chi connectivity index (χ1) is 12.2. The molecule has 26 heavy (non-hydrogen) atoms. The molecule has 0 radical (unpaired) electrons. The highest BCUT2D eigenvalue weighted by Gasteiger charge is 2.36. The van der Waals surface area contributed by atoms with Gasteiger partial charge in [0.1, 0.15) is 11.6 Å². The summed E-state index contributed by atoms with van der Waals surface area (Å²) in [5.41, 5.74) is -0.309. The molecular formula is C18H18ClF2NO3S. The Morgan fingerprint density at radius 1 is 1.15 bits per heavy atom. The highest BCUT2D eigenvalue weighted by atomic mass is 35.5. The van der Waals surface area contributed by atoms with Crippen LogP contribution in [0.1, 0.15) is 24.2 Å². The van der Waals surface area contributed by atoms with Crippen LogP contribution in [0.2, 0.25) is 5.02 Å². The molecule has 0 heterocycles. The number of nitrogens with one attached hydrogen (secondary N) is 1. The summed E-state index contributed by atoms with van der Waals surface area (Å²) in [5.74, 6) is -2.81. The maximum atomic E-state index is 14.4. The fraction of sp³-hybridized carbons (Fsp3) is 0.278. The zero-order valence-corrected chi connectivity index (χ0v) is 15.7. The second-order valence-electron chi connectivity index (χ2n) is 5.94. The lowest BCUT2D eigenvalue weighted by Crippen LogP contribution is -2.27. The van der Waals surface area contributed by atoms with Crippen LogP contribution in [-0.2, 0) is 14.6 Å². The molecule has 2 rings (SSSR count). The molecule has 1 N–H and O–H groups in total. The van der Waals surface area contributed by atoms with Crippen LogP contribution in [0.3, 0.4) is 0 Å². The monoisotopic (exact) mass is 401 g/mol. The van der Waals surface area contributed by atoms with Crippen molar-refractivity contribution < 1.29 is 22.0 Å². The number of benzene rings is 2. The molecule has 2 aromatic rings. The highest BCUT2D eigenvalue weighted by molar-refractivity contribution is 7.91. The second-order valence-corrected chi connectivity index (χ2v) is 8.45. The van der Waals surface area contributed by atoms with Gasteiger partial charge in [0.05, 0.1) is 10.1 Å². The van der Waals surface area contributed by atoms with Crippen LogP contribution < -0.4 is 5.32 Å². The van der Waals surface area contributed by atoms with E-state index in [-0.39, 0.29) is 16.9 Å². The standard InChI is InChI=1S/C18H18ClF2NO3S/c1-11(9-17(23)22-2)18(15-10-13(20)5-8-16(15)21)26(24,25)14-6-3-12(19)4-7-14/h3-8,10-11,18H,9H2,1-2H3,(H,22,23). The first-order valence-electron chi connectivity index (χ1n) is 7.81. The third kappa shape index (κ3) is 4.40. The lowest BCUT2D eigenvalue weighted by Gasteiger charge is -2.25. The summed E-state index contributed by atoms with van der Waals surface area (Å²) in [6.07, 6.45) is -0.163. The Labute approximate surface area is 156 Å². The maximum Gasteiger partial charge on any atom is 0.220 e. The van der Waals surface area contributed by atoms with E-state index in [4.69, 9.17) is 11.6 Å². The Morgan fingerprint density at radius 2 is 1.77 bits per heavy atom. The molecule has 1 amide bonds. The summed E-state index contributed by atoms with van der Waals surface area (Å²) in [6.45, 7) is 1.51. The van der Waals surface area contributed by atoms with Crippen molar-refractivity contribution in [2.24, 2.45) is 5.92 Å². The minimum Gasteiger partial charge on any atom is -0.359 e. The average molecular weight is 402 g/mol. The summed E-state index contributed by atoms with van der Waals surface area (Å²) < 4.78 is 54.4. The van der Waals surface area contributed by atoms with E-state index in [1.807, 2.05) is 0 Å². The number of carbonyl (C=O) groups excluding carboxylic acids is 1. The van der Waals surface area contributed by atoms with E-state index in [1.54, 1.807) is 0 Å². The maximum absolute atomic E-state index is 14.4. The average Bonchev–Trinajstić information content (AvgIpc) is 2.58. The fourth-order valence-corrected chi connectivity index (χ4v) is 4.94. The third-order valence-electron chi connectivity index (χ3n) is 4.04. The summed E-state index contributed by atoms with van der Waals surface area (Å²) in [7, 11) is -2.69. The van der Waals surface area contributed by atoms with Gasteiger partial charge < -0.3 is 5.32 Å². The van der Waals surface area contributed by atoms with E-state index >= 15 is 0 Å². The molecule has 0 saturated carbocycles. The van der Waals surface area contributed by atoms with Crippen LogP contribution in [0.5, 0.6) is 0 Å². The van der Waals surface area contributed by atoms with Crippen molar-refractivity contribution in [2.75, 3.05) is 7.05 Å². The van der Waals surface area contributed by atoms with Gasteiger partial charge in [0.2, 0.25) is 5.91 Å². The molecule has 2 aromatic carbocycles. The third-order valence-corrected chi connectivity index (χ3v) is 6.61. The zero-order valence-electron chi connectivity index (χ0n) is 14.2. The van der Waals surface area contributed by atoms with E-state index in [2.05, 4.69) is 5.32 Å². The van der Waals surface area contributed by atoms with Gasteiger partial charge in [0.25, 0.3) is 0 Å². The topological polar surface area (TPSA) is 63.2 Å². The van der Waals surface area contributed by atoms with Crippen LogP contribution in [-0.4, -0.2) is 21.4 Å². The van der Waals surface area contributed by atoms with Gasteiger partial charge in [-0.05, 0) is 48.4 Å². The van der Waals surface area contributed by atoms with Gasteiger partial charge >= 0.3 is 0 Å². The zero-order chi connectivity index (χ0) is 19.5. The molecule has 2 unspecified atom stereocenters. The number of sulfone groups is 1. The predicted molar refractivity (Wildman–Crippen MR) is 95.6 cm³/mol. The van der Waals surface area contributed by atoms with Crippen molar-refractivity contribution in [3.63, 3.8) is 0 Å². The lowest BCUT2D eigenvalue weighted by molar-refractivity contribution is -0.121. The Balaban J connectivity index is 2.61. The van der Waals surface area contributed by atoms with Gasteiger partial charge in [-0.15, -0.1) is 0 Å². The van der Waals surface area contributed by atoms with Crippen molar-refractivity contribution in [2.45, 2.75) is 23.5 Å². The molecule has 0 fully saturated rings. The summed E-state index contributed by atoms with van der Waals surface area (Å²) >= 11 is 5.80. The first kappa shape index (κ1) is 20.3. The van der Waals surface area contributed by atoms with Crippen LogP contribution >= 0.6 is 11.6 Å². The Kier molecular flexibility index (Phi) is 6.36. The SMILES string of the molecule is CNC(=O)CC(C)C(c1cc(F)ccc1F)S(=O)(=O)c1ccc(Cl)cc1. The quantitative estimate of drug-likeness (QED) is 0.798. The smallest absolute Gasteiger partial charge is 0.220 e. The molecule has 0 aromatic heterocycles. The van der Waals surface area contributed by atoms with E-state index in [1.165, 1.54) is 38.2 Å². The summed E-state index contributed by atoms with van der Waals surface area (Å²) in [6, 6.07) is 8.04. The second kappa shape index (κ2) is 8.14. The van der Waals surface area contributed by atoms with Crippen molar-refractivity contribution in [3.05, 3.63) is 64.7 Å². The van der Waals surface area contributed by atoms with Crippen LogP contribution in [0.4, 0.5) is 8.78 Å². The van der Waals surface area contributed by atoms with Gasteiger partial charge in [0, 0.05) is 24.1 Å².